The molecule has 0 saturated heterocycles. The Balaban J connectivity index is 0.000000318. The van der Waals surface area contributed by atoms with Gasteiger partial charge in [0.2, 0.25) is 0 Å². The zero-order chi connectivity index (χ0) is 10.9. The summed E-state index contributed by atoms with van der Waals surface area (Å²) in [6.45, 7) is 4.91. The normalized spacial score (nSPS) is 15.8. The van der Waals surface area contributed by atoms with Crippen molar-refractivity contribution < 1.29 is 21.8 Å². The Morgan fingerprint density at radius 2 is 1.81 bits per heavy atom. The number of hydrogen-bond acceptors (Lipinski definition) is 1. The van der Waals surface area contributed by atoms with Crippen LogP contribution in [0.5, 0.6) is 0 Å². The van der Waals surface area contributed by atoms with Gasteiger partial charge in [-0.15, -0.1) is 0 Å². The molecule has 1 nitrogen and oxygen atoms in total. The van der Waals surface area contributed by atoms with Gasteiger partial charge in [0.1, 0.15) is 0 Å². The first-order chi connectivity index (χ1) is 7.29. The van der Waals surface area contributed by atoms with Gasteiger partial charge in [0.15, 0.2) is 0 Å². The van der Waals surface area contributed by atoms with E-state index in [4.69, 9.17) is 4.74 Å². The van der Waals surface area contributed by atoms with Gasteiger partial charge in [-0.3, -0.25) is 0 Å². The van der Waals surface area contributed by atoms with E-state index in [1.165, 1.54) is 5.57 Å². The molecule has 2 heteroatoms. The fourth-order valence-corrected chi connectivity index (χ4v) is 1.27. The van der Waals surface area contributed by atoms with Crippen LogP contribution < -0.4 is 0 Å². The third-order valence-corrected chi connectivity index (χ3v) is 2.11. The van der Waals surface area contributed by atoms with E-state index in [0.717, 1.165) is 19.4 Å². The second kappa shape index (κ2) is 9.65. The Labute approximate surface area is 109 Å². The summed E-state index contributed by atoms with van der Waals surface area (Å²) in [6.07, 6.45) is 17.3. The Morgan fingerprint density at radius 3 is 2.19 bits per heavy atom. The van der Waals surface area contributed by atoms with Crippen LogP contribution in [0.3, 0.4) is 0 Å². The first-order valence-corrected chi connectivity index (χ1v) is 5.57. The van der Waals surface area contributed by atoms with Crippen LogP contribution in [0.1, 0.15) is 26.7 Å². The molecule has 0 atom stereocenters. The van der Waals surface area contributed by atoms with Gasteiger partial charge in [-0.25, -0.2) is 0 Å². The zero-order valence-corrected chi connectivity index (χ0v) is 11.1. The van der Waals surface area contributed by atoms with Crippen molar-refractivity contribution in [3.05, 3.63) is 48.1 Å². The van der Waals surface area contributed by atoms with Gasteiger partial charge in [0.05, 0.1) is 12.7 Å². The van der Waals surface area contributed by atoms with Crippen LogP contribution in [0.4, 0.5) is 0 Å². The average Bonchev–Trinajstić information content (AvgIpc) is 2.91. The van der Waals surface area contributed by atoms with Crippen molar-refractivity contribution >= 4 is 0 Å². The Bertz CT molecular complexity index is 275. The third-order valence-electron chi connectivity index (χ3n) is 2.11. The van der Waals surface area contributed by atoms with E-state index in [9.17, 15) is 0 Å². The number of rotatable bonds is 3. The Kier molecular flexibility index (Phi) is 9.31. The topological polar surface area (TPSA) is 9.23 Å². The minimum absolute atomic E-state index is 0. The molecule has 0 aliphatic heterocycles. The Morgan fingerprint density at radius 1 is 1.12 bits per heavy atom. The van der Waals surface area contributed by atoms with E-state index in [0.29, 0.717) is 6.10 Å². The average molecular weight is 260 g/mol. The van der Waals surface area contributed by atoms with Gasteiger partial charge in [-0.05, 0) is 32.3 Å². The molecule has 2 aliphatic rings. The van der Waals surface area contributed by atoms with Gasteiger partial charge in [-0.2, -0.15) is 0 Å². The van der Waals surface area contributed by atoms with Crippen molar-refractivity contribution in [2.24, 2.45) is 0 Å². The standard InChI is InChI=1S/C9H14O.C5H6.Fe/c1-8(2)10-7-9-5-3-4-6-9;1-2-4-5-3-1;/h3-5,8H,6-7H2,1-2H3;1-4H,5H2;/q;;+2. The molecular formula is C14H20FeO+2. The predicted molar refractivity (Wildman–Crippen MR) is 65.8 cm³/mol. The summed E-state index contributed by atoms with van der Waals surface area (Å²) in [5.74, 6) is 0. The summed E-state index contributed by atoms with van der Waals surface area (Å²) in [5.41, 5.74) is 1.38. The molecule has 0 saturated carbocycles. The summed E-state index contributed by atoms with van der Waals surface area (Å²) in [6, 6.07) is 0. The van der Waals surface area contributed by atoms with E-state index >= 15 is 0 Å². The third kappa shape index (κ3) is 7.70. The molecule has 2 aliphatic carbocycles. The quantitative estimate of drug-likeness (QED) is 0.701. The van der Waals surface area contributed by atoms with Crippen molar-refractivity contribution in [2.75, 3.05) is 6.61 Å². The van der Waals surface area contributed by atoms with Crippen LogP contribution in [-0.4, -0.2) is 12.7 Å². The molecule has 16 heavy (non-hydrogen) atoms. The molecule has 0 bridgehead atoms. The molecule has 0 spiro atoms. The van der Waals surface area contributed by atoms with Crippen LogP contribution >= 0.6 is 0 Å². The number of ether oxygens (including phenoxy) is 1. The summed E-state index contributed by atoms with van der Waals surface area (Å²) in [4.78, 5) is 0. The van der Waals surface area contributed by atoms with Crippen LogP contribution in [-0.2, 0) is 21.8 Å². The van der Waals surface area contributed by atoms with Gasteiger partial charge in [-0.1, -0.05) is 42.5 Å². The molecule has 0 aromatic carbocycles. The molecule has 0 radical (unpaired) electrons. The van der Waals surface area contributed by atoms with Gasteiger partial charge in [0, 0.05) is 0 Å². The van der Waals surface area contributed by atoms with E-state index in [-0.39, 0.29) is 17.1 Å². The maximum Gasteiger partial charge on any atom is 2.00 e. The molecule has 0 unspecified atom stereocenters. The van der Waals surface area contributed by atoms with E-state index in [2.05, 4.69) is 56.4 Å². The summed E-state index contributed by atoms with van der Waals surface area (Å²) < 4.78 is 5.42. The van der Waals surface area contributed by atoms with Crippen molar-refractivity contribution in [1.82, 2.24) is 0 Å². The van der Waals surface area contributed by atoms with Crippen molar-refractivity contribution in [3.63, 3.8) is 0 Å². The second-order valence-corrected chi connectivity index (χ2v) is 3.91. The molecule has 0 aromatic rings. The molecule has 0 heterocycles. The van der Waals surface area contributed by atoms with Crippen molar-refractivity contribution in [1.29, 1.82) is 0 Å². The summed E-state index contributed by atoms with van der Waals surface area (Å²) in [5, 5.41) is 0. The fourth-order valence-electron chi connectivity index (χ4n) is 1.27. The molecule has 0 N–H and O–H groups in total. The van der Waals surface area contributed by atoms with Crippen molar-refractivity contribution in [2.45, 2.75) is 32.8 Å². The van der Waals surface area contributed by atoms with Crippen LogP contribution in [0, 0.1) is 0 Å². The smallest absolute Gasteiger partial charge is 0.374 e. The van der Waals surface area contributed by atoms with Crippen LogP contribution in [0.2, 0.25) is 0 Å². The van der Waals surface area contributed by atoms with E-state index in [1.54, 1.807) is 0 Å². The SMILES string of the molecule is C1=CCC=C1.CC(C)OCC1=CC=CC1.[Fe+2]. The molecule has 0 aromatic heterocycles. The Hall–Kier alpha value is -0.561. The van der Waals surface area contributed by atoms with E-state index < -0.39 is 0 Å². The maximum absolute atomic E-state index is 5.42. The van der Waals surface area contributed by atoms with Crippen LogP contribution in [0.25, 0.3) is 0 Å². The van der Waals surface area contributed by atoms with Crippen molar-refractivity contribution in [3.8, 4) is 0 Å². The predicted octanol–water partition coefficient (Wildman–Crippen LogP) is 3.80. The fraction of sp³-hybridized carbons (Fsp3) is 0.429. The summed E-state index contributed by atoms with van der Waals surface area (Å²) >= 11 is 0. The van der Waals surface area contributed by atoms with Gasteiger partial charge >= 0.3 is 17.1 Å². The summed E-state index contributed by atoms with van der Waals surface area (Å²) in [7, 11) is 0. The molecule has 0 amide bonds. The molecule has 0 fully saturated rings. The number of hydrogen-bond donors (Lipinski definition) is 0. The molecular weight excluding hydrogens is 240 g/mol. The molecule has 2 rings (SSSR count). The van der Waals surface area contributed by atoms with Gasteiger partial charge < -0.3 is 4.74 Å². The van der Waals surface area contributed by atoms with Gasteiger partial charge in [0.25, 0.3) is 0 Å². The minimum Gasteiger partial charge on any atom is -0.374 e. The first-order valence-electron chi connectivity index (χ1n) is 5.57. The van der Waals surface area contributed by atoms with E-state index in [1.807, 2.05) is 0 Å². The molecule has 88 valence electrons. The second-order valence-electron chi connectivity index (χ2n) is 3.91. The minimum atomic E-state index is 0. The monoisotopic (exact) mass is 260 g/mol. The maximum atomic E-state index is 5.42. The zero-order valence-electron chi connectivity index (χ0n) is 10.0. The largest absolute Gasteiger partial charge is 2.00 e. The first kappa shape index (κ1) is 15.4. The number of allylic oxidation sites excluding steroid dienone is 7. The van der Waals surface area contributed by atoms with Crippen LogP contribution in [0.15, 0.2) is 48.1 Å².